The Balaban J connectivity index is 2.08. The number of rotatable bonds is 3. The monoisotopic (exact) mass is 232 g/mol. The van der Waals surface area contributed by atoms with Crippen molar-refractivity contribution in [2.24, 2.45) is 5.92 Å². The first-order chi connectivity index (χ1) is 8.06. The van der Waals surface area contributed by atoms with Crippen molar-refractivity contribution < 1.29 is 9.21 Å². The van der Waals surface area contributed by atoms with Gasteiger partial charge in [0.15, 0.2) is 5.78 Å². The molecule has 2 nitrogen and oxygen atoms in total. The lowest BCUT2D eigenvalue weighted by Crippen LogP contribution is -2.12. The maximum absolute atomic E-state index is 11.7. The predicted molar refractivity (Wildman–Crippen MR) is 68.0 cm³/mol. The Bertz CT molecular complexity index is 438. The quantitative estimate of drug-likeness (QED) is 0.791. The van der Waals surface area contributed by atoms with Crippen molar-refractivity contribution in [1.82, 2.24) is 0 Å². The molecular weight excluding hydrogens is 212 g/mol. The Morgan fingerprint density at radius 3 is 2.88 bits per heavy atom. The lowest BCUT2D eigenvalue weighted by atomic mass is 9.85. The Morgan fingerprint density at radius 1 is 1.47 bits per heavy atom. The highest BCUT2D eigenvalue weighted by Gasteiger charge is 2.22. The van der Waals surface area contributed by atoms with Gasteiger partial charge in [0.05, 0.1) is 6.26 Å². The summed E-state index contributed by atoms with van der Waals surface area (Å²) in [6, 6.07) is 2.12. The van der Waals surface area contributed by atoms with Gasteiger partial charge in [-0.3, -0.25) is 4.79 Å². The predicted octanol–water partition coefficient (Wildman–Crippen LogP) is 3.87. The first-order valence-electron chi connectivity index (χ1n) is 6.33. The van der Waals surface area contributed by atoms with Gasteiger partial charge in [-0.2, -0.15) is 0 Å². The molecule has 1 aromatic heterocycles. The molecule has 0 amide bonds. The summed E-state index contributed by atoms with van der Waals surface area (Å²) in [5.41, 5.74) is 2.09. The summed E-state index contributed by atoms with van der Waals surface area (Å²) in [6.45, 7) is 6.26. The normalized spacial score (nSPS) is 20.8. The van der Waals surface area contributed by atoms with Crippen LogP contribution in [0.4, 0.5) is 0 Å². The minimum Gasteiger partial charge on any atom is -0.469 e. The third-order valence-corrected chi connectivity index (χ3v) is 3.34. The van der Waals surface area contributed by atoms with Crippen molar-refractivity contribution >= 4 is 5.78 Å². The summed E-state index contributed by atoms with van der Waals surface area (Å²) in [6.07, 6.45) is 6.42. The molecule has 1 heterocycles. The fourth-order valence-corrected chi connectivity index (χ4v) is 2.28. The van der Waals surface area contributed by atoms with Crippen LogP contribution in [-0.4, -0.2) is 5.78 Å². The third kappa shape index (κ3) is 2.87. The molecule has 17 heavy (non-hydrogen) atoms. The van der Waals surface area contributed by atoms with Gasteiger partial charge in [0.1, 0.15) is 5.76 Å². The maximum Gasteiger partial charge on any atom is 0.158 e. The minimum atomic E-state index is 0.271. The van der Waals surface area contributed by atoms with Crippen LogP contribution < -0.4 is 0 Å². The van der Waals surface area contributed by atoms with Crippen molar-refractivity contribution in [1.29, 1.82) is 0 Å². The maximum atomic E-state index is 11.7. The molecule has 0 bridgehead atoms. The zero-order chi connectivity index (χ0) is 12.4. The van der Waals surface area contributed by atoms with Gasteiger partial charge in [0, 0.05) is 12.8 Å². The third-order valence-electron chi connectivity index (χ3n) is 3.34. The van der Waals surface area contributed by atoms with Crippen LogP contribution in [0.2, 0.25) is 0 Å². The second-order valence-electron chi connectivity index (χ2n) is 5.39. The summed E-state index contributed by atoms with van der Waals surface area (Å²) < 4.78 is 5.56. The van der Waals surface area contributed by atoms with Crippen LogP contribution in [0.5, 0.6) is 0 Å². The molecular formula is C15H20O2. The van der Waals surface area contributed by atoms with Gasteiger partial charge in [-0.15, -0.1) is 0 Å². The molecule has 92 valence electrons. The average molecular weight is 232 g/mol. The highest BCUT2D eigenvalue weighted by atomic mass is 16.3. The van der Waals surface area contributed by atoms with Crippen molar-refractivity contribution in [2.45, 2.75) is 46.0 Å². The molecule has 0 unspecified atom stereocenters. The van der Waals surface area contributed by atoms with Crippen molar-refractivity contribution in [3.8, 4) is 0 Å². The zero-order valence-electron chi connectivity index (χ0n) is 10.8. The van der Waals surface area contributed by atoms with Gasteiger partial charge in [0.2, 0.25) is 0 Å². The fraction of sp³-hybridized carbons (Fsp3) is 0.533. The molecule has 2 rings (SSSR count). The largest absolute Gasteiger partial charge is 0.469 e. The number of carbonyl (C=O) groups is 1. The highest BCUT2D eigenvalue weighted by Crippen LogP contribution is 2.31. The molecule has 0 spiro atoms. The highest BCUT2D eigenvalue weighted by molar-refractivity contribution is 5.96. The number of hydrogen-bond donors (Lipinski definition) is 0. The second-order valence-corrected chi connectivity index (χ2v) is 5.39. The zero-order valence-corrected chi connectivity index (χ0v) is 10.8. The topological polar surface area (TPSA) is 30.2 Å². The number of furan rings is 1. The summed E-state index contributed by atoms with van der Waals surface area (Å²) >= 11 is 0. The van der Waals surface area contributed by atoms with E-state index in [4.69, 9.17) is 4.42 Å². The van der Waals surface area contributed by atoms with E-state index < -0.39 is 0 Å². The van der Waals surface area contributed by atoms with E-state index in [-0.39, 0.29) is 5.78 Å². The summed E-state index contributed by atoms with van der Waals surface area (Å²) in [7, 11) is 0. The molecule has 0 radical (unpaired) electrons. The van der Waals surface area contributed by atoms with Crippen LogP contribution in [0.15, 0.2) is 28.4 Å². The average Bonchev–Trinajstić information content (AvgIpc) is 2.69. The lowest BCUT2D eigenvalue weighted by Gasteiger charge is -2.17. The Kier molecular flexibility index (Phi) is 3.51. The van der Waals surface area contributed by atoms with Gasteiger partial charge in [0.25, 0.3) is 0 Å². The molecule has 0 saturated heterocycles. The van der Waals surface area contributed by atoms with Crippen LogP contribution in [0, 0.1) is 5.92 Å². The van der Waals surface area contributed by atoms with Gasteiger partial charge >= 0.3 is 0 Å². The van der Waals surface area contributed by atoms with Gasteiger partial charge < -0.3 is 4.42 Å². The van der Waals surface area contributed by atoms with E-state index in [2.05, 4.69) is 19.9 Å². The SMILES string of the molecule is CC1=CC[C@H](c2coc(CC(C)C)c2)CC1=O. The van der Waals surface area contributed by atoms with Crippen LogP contribution >= 0.6 is 0 Å². The molecule has 1 aromatic rings. The Labute approximate surface area is 103 Å². The first-order valence-corrected chi connectivity index (χ1v) is 6.33. The van der Waals surface area contributed by atoms with Crippen molar-refractivity contribution in [2.75, 3.05) is 0 Å². The first kappa shape index (κ1) is 12.2. The van der Waals surface area contributed by atoms with Gasteiger partial charge in [-0.25, -0.2) is 0 Å². The number of Topliss-reactive ketones (excluding diaryl/α,β-unsaturated/α-hetero) is 1. The van der Waals surface area contributed by atoms with E-state index >= 15 is 0 Å². The smallest absolute Gasteiger partial charge is 0.158 e. The van der Waals surface area contributed by atoms with Crippen LogP contribution in [0.25, 0.3) is 0 Å². The van der Waals surface area contributed by atoms with Gasteiger partial charge in [-0.1, -0.05) is 19.9 Å². The summed E-state index contributed by atoms with van der Waals surface area (Å²) in [4.78, 5) is 11.7. The molecule has 2 heteroatoms. The second kappa shape index (κ2) is 4.91. The molecule has 0 saturated carbocycles. The van der Waals surface area contributed by atoms with E-state index in [9.17, 15) is 4.79 Å². The number of hydrogen-bond acceptors (Lipinski definition) is 2. The molecule has 0 aromatic carbocycles. The minimum absolute atomic E-state index is 0.271. The number of allylic oxidation sites excluding steroid dienone is 2. The molecule has 0 N–H and O–H groups in total. The van der Waals surface area contributed by atoms with E-state index in [0.717, 1.165) is 24.2 Å². The Morgan fingerprint density at radius 2 is 2.24 bits per heavy atom. The van der Waals surface area contributed by atoms with Crippen LogP contribution in [0.1, 0.15) is 50.9 Å². The van der Waals surface area contributed by atoms with E-state index in [1.54, 1.807) is 0 Å². The molecule has 1 atom stereocenters. The lowest BCUT2D eigenvalue weighted by molar-refractivity contribution is -0.116. The Hall–Kier alpha value is -1.31. The van der Waals surface area contributed by atoms with E-state index in [0.29, 0.717) is 18.3 Å². The fourth-order valence-electron chi connectivity index (χ4n) is 2.28. The molecule has 0 aliphatic heterocycles. The molecule has 1 aliphatic carbocycles. The van der Waals surface area contributed by atoms with E-state index in [1.165, 1.54) is 5.56 Å². The van der Waals surface area contributed by atoms with Crippen LogP contribution in [-0.2, 0) is 11.2 Å². The number of ketones is 1. The van der Waals surface area contributed by atoms with Crippen molar-refractivity contribution in [3.05, 3.63) is 35.3 Å². The van der Waals surface area contributed by atoms with Crippen LogP contribution in [0.3, 0.4) is 0 Å². The summed E-state index contributed by atoms with van der Waals surface area (Å²) in [5, 5.41) is 0. The van der Waals surface area contributed by atoms with Crippen molar-refractivity contribution in [3.63, 3.8) is 0 Å². The summed E-state index contributed by atoms with van der Waals surface area (Å²) in [5.74, 6) is 2.22. The number of carbonyl (C=O) groups excluding carboxylic acids is 1. The van der Waals surface area contributed by atoms with E-state index in [1.807, 2.05) is 19.3 Å². The van der Waals surface area contributed by atoms with Gasteiger partial charge in [-0.05, 0) is 42.4 Å². The molecule has 0 fully saturated rings. The standard InChI is InChI=1S/C15H20O2/c1-10(2)6-14-7-13(9-17-14)12-5-4-11(3)15(16)8-12/h4,7,9-10,12H,5-6,8H2,1-3H3/t12-/m0/s1. The molecule has 1 aliphatic rings.